The quantitative estimate of drug-likeness (QED) is 0.785. The number of anilines is 1. The molecule has 3 rings (SSSR count). The summed E-state index contributed by atoms with van der Waals surface area (Å²) in [5.41, 5.74) is 3.54. The van der Waals surface area contributed by atoms with Gasteiger partial charge in [-0.3, -0.25) is 5.32 Å². The predicted octanol–water partition coefficient (Wildman–Crippen LogP) is 4.24. The van der Waals surface area contributed by atoms with Crippen LogP contribution in [-0.2, 0) is 4.74 Å². The first kappa shape index (κ1) is 14.5. The first-order valence-electron chi connectivity index (χ1n) is 6.94. The second-order valence-electron chi connectivity index (χ2n) is 4.67. The van der Waals surface area contributed by atoms with Crippen LogP contribution in [0.3, 0.4) is 0 Å². The molecule has 1 aromatic carbocycles. The molecule has 22 heavy (non-hydrogen) atoms. The summed E-state index contributed by atoms with van der Waals surface area (Å²) in [7, 11) is 0. The Balaban J connectivity index is 1.98. The number of pyridine rings is 1. The Bertz CT molecular complexity index is 796. The molecule has 2 aromatic heterocycles. The Kier molecular flexibility index (Phi) is 4.02. The number of amides is 1. The molecule has 0 spiro atoms. The molecule has 0 saturated carbocycles. The molecule has 0 saturated heterocycles. The number of ether oxygens (including phenoxy) is 1. The summed E-state index contributed by atoms with van der Waals surface area (Å²) < 4.78 is 4.92. The summed E-state index contributed by atoms with van der Waals surface area (Å²) in [6.45, 7) is 4.07. The third-order valence-corrected chi connectivity index (χ3v) is 4.26. The largest absolute Gasteiger partial charge is 0.450 e. The molecule has 0 fully saturated rings. The number of benzene rings is 1. The van der Waals surface area contributed by atoms with E-state index >= 15 is 0 Å². The van der Waals surface area contributed by atoms with Crippen molar-refractivity contribution in [2.75, 3.05) is 11.9 Å². The van der Waals surface area contributed by atoms with Crippen LogP contribution >= 0.6 is 11.3 Å². The maximum Gasteiger partial charge on any atom is 0.411 e. The van der Waals surface area contributed by atoms with Gasteiger partial charge < -0.3 is 4.74 Å². The lowest BCUT2D eigenvalue weighted by molar-refractivity contribution is 0.168. The van der Waals surface area contributed by atoms with E-state index in [1.54, 1.807) is 13.1 Å². The average molecular weight is 313 g/mol. The molecule has 0 aliphatic heterocycles. The second kappa shape index (κ2) is 6.11. The fraction of sp³-hybridized carbons (Fsp3) is 0.188. The zero-order valence-electron chi connectivity index (χ0n) is 12.3. The smallest absolute Gasteiger partial charge is 0.411 e. The van der Waals surface area contributed by atoms with E-state index in [-0.39, 0.29) is 0 Å². The number of nitrogens with one attached hydrogen (secondary N) is 1. The number of thiazole rings is 1. The SMILES string of the molecule is CCOC(=O)Nc1cccc(-c2nc3cccnc3s2)c1C. The number of rotatable bonds is 3. The lowest BCUT2D eigenvalue weighted by atomic mass is 10.1. The van der Waals surface area contributed by atoms with Crippen LogP contribution in [-0.4, -0.2) is 22.7 Å². The summed E-state index contributed by atoms with van der Waals surface area (Å²) in [6, 6.07) is 9.55. The topological polar surface area (TPSA) is 64.1 Å². The molecule has 1 N–H and O–H groups in total. The Hall–Kier alpha value is -2.47. The van der Waals surface area contributed by atoms with E-state index in [9.17, 15) is 4.79 Å². The number of carbonyl (C=O) groups excluding carboxylic acids is 1. The third kappa shape index (κ3) is 2.78. The van der Waals surface area contributed by atoms with E-state index in [0.717, 1.165) is 32.2 Å². The van der Waals surface area contributed by atoms with Gasteiger partial charge in [0.25, 0.3) is 0 Å². The van der Waals surface area contributed by atoms with Gasteiger partial charge in [0.15, 0.2) is 0 Å². The van der Waals surface area contributed by atoms with E-state index in [4.69, 9.17) is 4.74 Å². The van der Waals surface area contributed by atoms with Gasteiger partial charge in [-0.25, -0.2) is 14.8 Å². The molecule has 6 heteroatoms. The molecule has 3 aromatic rings. The Labute approximate surface area is 132 Å². The van der Waals surface area contributed by atoms with Crippen LogP contribution in [0.15, 0.2) is 36.5 Å². The van der Waals surface area contributed by atoms with Crippen molar-refractivity contribution in [2.24, 2.45) is 0 Å². The van der Waals surface area contributed by atoms with Gasteiger partial charge in [0.05, 0.1) is 6.61 Å². The zero-order chi connectivity index (χ0) is 15.5. The maximum absolute atomic E-state index is 11.6. The number of carbonyl (C=O) groups is 1. The van der Waals surface area contributed by atoms with Crippen LogP contribution < -0.4 is 5.32 Å². The highest BCUT2D eigenvalue weighted by Gasteiger charge is 2.13. The molecule has 112 valence electrons. The monoisotopic (exact) mass is 313 g/mol. The van der Waals surface area contributed by atoms with Crippen molar-refractivity contribution in [3.63, 3.8) is 0 Å². The Morgan fingerprint density at radius 2 is 2.18 bits per heavy atom. The van der Waals surface area contributed by atoms with Gasteiger partial charge in [-0.15, -0.1) is 0 Å². The zero-order valence-corrected chi connectivity index (χ0v) is 13.1. The second-order valence-corrected chi connectivity index (χ2v) is 5.65. The van der Waals surface area contributed by atoms with Crippen molar-refractivity contribution in [1.82, 2.24) is 9.97 Å². The highest BCUT2D eigenvalue weighted by Crippen LogP contribution is 2.33. The molecule has 0 atom stereocenters. The minimum absolute atomic E-state index is 0.341. The minimum Gasteiger partial charge on any atom is -0.450 e. The van der Waals surface area contributed by atoms with Crippen molar-refractivity contribution in [3.8, 4) is 10.6 Å². The van der Waals surface area contributed by atoms with Crippen LogP contribution in [0.25, 0.3) is 20.9 Å². The van der Waals surface area contributed by atoms with Crippen molar-refractivity contribution >= 4 is 33.5 Å². The summed E-state index contributed by atoms with van der Waals surface area (Å²) in [4.78, 5) is 21.4. The van der Waals surface area contributed by atoms with Crippen molar-refractivity contribution in [1.29, 1.82) is 0 Å². The van der Waals surface area contributed by atoms with E-state index in [2.05, 4.69) is 15.3 Å². The van der Waals surface area contributed by atoms with Gasteiger partial charge >= 0.3 is 6.09 Å². The average Bonchev–Trinajstić information content (AvgIpc) is 2.93. The highest BCUT2D eigenvalue weighted by atomic mass is 32.1. The molecule has 5 nitrogen and oxygen atoms in total. The van der Waals surface area contributed by atoms with E-state index in [0.29, 0.717) is 6.61 Å². The first-order valence-corrected chi connectivity index (χ1v) is 7.76. The standard InChI is InChI=1S/C16H15N3O2S/c1-3-21-16(20)19-12-7-4-6-11(10(12)2)14-18-13-8-5-9-17-15(13)22-14/h4-9H,3H2,1-2H3,(H,19,20). The predicted molar refractivity (Wildman–Crippen MR) is 88.2 cm³/mol. The van der Waals surface area contributed by atoms with Crippen LogP contribution in [0.5, 0.6) is 0 Å². The summed E-state index contributed by atoms with van der Waals surface area (Å²) in [6.07, 6.45) is 1.31. The molecule has 2 heterocycles. The van der Waals surface area contributed by atoms with E-state index in [1.165, 1.54) is 11.3 Å². The molecule has 0 aliphatic carbocycles. The molecule has 0 radical (unpaired) electrons. The van der Waals surface area contributed by atoms with Gasteiger partial charge in [-0.1, -0.05) is 23.5 Å². The number of nitrogens with zero attached hydrogens (tertiary/aromatic N) is 2. The number of hydrogen-bond acceptors (Lipinski definition) is 5. The van der Waals surface area contributed by atoms with Crippen molar-refractivity contribution in [2.45, 2.75) is 13.8 Å². The molecule has 0 bridgehead atoms. The molecular weight excluding hydrogens is 298 g/mol. The minimum atomic E-state index is -0.450. The van der Waals surface area contributed by atoms with Gasteiger partial charge in [0, 0.05) is 17.4 Å². The van der Waals surface area contributed by atoms with Crippen LogP contribution in [0.4, 0.5) is 10.5 Å². The highest BCUT2D eigenvalue weighted by molar-refractivity contribution is 7.21. The molecule has 1 amide bonds. The summed E-state index contributed by atoms with van der Waals surface area (Å²) in [5.74, 6) is 0. The van der Waals surface area contributed by atoms with Crippen LogP contribution in [0.1, 0.15) is 12.5 Å². The molecule has 0 aliphatic rings. The normalized spacial score (nSPS) is 10.6. The van der Waals surface area contributed by atoms with Crippen LogP contribution in [0.2, 0.25) is 0 Å². The maximum atomic E-state index is 11.6. The third-order valence-electron chi connectivity index (χ3n) is 3.24. The van der Waals surface area contributed by atoms with Crippen molar-refractivity contribution < 1.29 is 9.53 Å². The number of fused-ring (bicyclic) bond motifs is 1. The van der Waals surface area contributed by atoms with Gasteiger partial charge in [0.1, 0.15) is 15.4 Å². The Morgan fingerprint density at radius 1 is 1.32 bits per heavy atom. The summed E-state index contributed by atoms with van der Waals surface area (Å²) >= 11 is 1.54. The van der Waals surface area contributed by atoms with Crippen molar-refractivity contribution in [3.05, 3.63) is 42.1 Å². The Morgan fingerprint density at radius 3 is 2.95 bits per heavy atom. The fourth-order valence-corrected chi connectivity index (χ4v) is 3.15. The van der Waals surface area contributed by atoms with Crippen LogP contribution in [0, 0.1) is 6.92 Å². The van der Waals surface area contributed by atoms with Gasteiger partial charge in [0.2, 0.25) is 0 Å². The number of aromatic nitrogens is 2. The lowest BCUT2D eigenvalue weighted by Crippen LogP contribution is -2.14. The summed E-state index contributed by atoms with van der Waals surface area (Å²) in [5, 5.41) is 3.64. The van der Waals surface area contributed by atoms with E-state index < -0.39 is 6.09 Å². The molecule has 0 unspecified atom stereocenters. The van der Waals surface area contributed by atoms with E-state index in [1.807, 2.05) is 37.3 Å². The number of hydrogen-bond donors (Lipinski definition) is 1. The van der Waals surface area contributed by atoms with Gasteiger partial charge in [-0.2, -0.15) is 0 Å². The first-order chi connectivity index (χ1) is 10.7. The van der Waals surface area contributed by atoms with Gasteiger partial charge in [-0.05, 0) is 37.6 Å². The lowest BCUT2D eigenvalue weighted by Gasteiger charge is -2.10. The molecular formula is C16H15N3O2S. The fourth-order valence-electron chi connectivity index (χ4n) is 2.16.